The second-order valence-corrected chi connectivity index (χ2v) is 10.1. The summed E-state index contributed by atoms with van der Waals surface area (Å²) in [6.45, 7) is 0. The van der Waals surface area contributed by atoms with Crippen LogP contribution in [0.25, 0.3) is 6.08 Å². The summed E-state index contributed by atoms with van der Waals surface area (Å²) >= 11 is 7.03. The van der Waals surface area contributed by atoms with Crippen LogP contribution in [0.15, 0.2) is 95.5 Å². The van der Waals surface area contributed by atoms with Crippen molar-refractivity contribution in [1.82, 2.24) is 5.32 Å². The first-order valence-electron chi connectivity index (χ1n) is 12.1. The Morgan fingerprint density at radius 3 is 2.10 bits per heavy atom. The van der Waals surface area contributed by atoms with E-state index in [-0.39, 0.29) is 17.5 Å². The molecule has 4 aromatic carbocycles. The van der Waals surface area contributed by atoms with Crippen LogP contribution in [0.5, 0.6) is 0 Å². The van der Waals surface area contributed by atoms with Crippen molar-refractivity contribution in [2.75, 3.05) is 16.4 Å². The van der Waals surface area contributed by atoms with Crippen molar-refractivity contribution < 1.29 is 31.9 Å². The van der Waals surface area contributed by atoms with Gasteiger partial charge in [0, 0.05) is 27.2 Å². The van der Waals surface area contributed by atoms with Crippen molar-refractivity contribution in [3.05, 3.63) is 130 Å². The number of rotatable bonds is 9. The zero-order valence-corrected chi connectivity index (χ0v) is 23.0. The lowest BCUT2D eigenvalue weighted by molar-refractivity contribution is -0.114. The topological polar surface area (TPSA) is 87.3 Å². The van der Waals surface area contributed by atoms with Gasteiger partial charge in [-0.25, -0.2) is 17.6 Å². The summed E-state index contributed by atoms with van der Waals surface area (Å²) in [5.74, 6) is -9.05. The van der Waals surface area contributed by atoms with Crippen LogP contribution in [0.4, 0.5) is 28.9 Å². The predicted octanol–water partition coefficient (Wildman–Crippen LogP) is 7.04. The number of nitrogens with one attached hydrogen (secondary N) is 3. The maximum atomic E-state index is 13.8. The lowest BCUT2D eigenvalue weighted by atomic mass is 10.1. The standard InChI is InChI=1S/C30H20ClF4N3O3S/c31-19-8-4-5-17(13-19)14-24(37-29(40)18-6-2-1-3-7-18)30(41)36-20-9-11-21(12-10-20)42-16-25(39)38-28-26(34)22(32)15-23(33)27(28)35/h1-15H,16H2,(H,36,41)(H,37,40)(H,38,39)/b24-14-. The molecule has 0 aliphatic heterocycles. The van der Waals surface area contributed by atoms with Gasteiger partial charge in [-0.3, -0.25) is 14.4 Å². The Balaban J connectivity index is 1.41. The third kappa shape index (κ3) is 7.99. The Morgan fingerprint density at radius 2 is 1.45 bits per heavy atom. The summed E-state index contributed by atoms with van der Waals surface area (Å²) in [4.78, 5) is 38.6. The second kappa shape index (κ2) is 13.8. The van der Waals surface area contributed by atoms with Crippen molar-refractivity contribution in [1.29, 1.82) is 0 Å². The van der Waals surface area contributed by atoms with Crippen LogP contribution in [0.2, 0.25) is 5.02 Å². The van der Waals surface area contributed by atoms with E-state index < -0.39 is 46.7 Å². The van der Waals surface area contributed by atoms with E-state index in [0.717, 1.165) is 11.8 Å². The minimum atomic E-state index is -1.71. The average molecular weight is 614 g/mol. The molecule has 0 spiro atoms. The molecule has 3 amide bonds. The molecule has 6 nitrogen and oxygen atoms in total. The van der Waals surface area contributed by atoms with E-state index in [9.17, 15) is 31.9 Å². The molecule has 0 unspecified atom stereocenters. The van der Waals surface area contributed by atoms with Gasteiger partial charge in [0.1, 0.15) is 11.4 Å². The van der Waals surface area contributed by atoms with E-state index in [4.69, 9.17) is 11.6 Å². The molecule has 0 bridgehead atoms. The van der Waals surface area contributed by atoms with Gasteiger partial charge >= 0.3 is 0 Å². The summed E-state index contributed by atoms with van der Waals surface area (Å²) in [6, 6.07) is 21.3. The summed E-state index contributed by atoms with van der Waals surface area (Å²) in [7, 11) is 0. The van der Waals surface area contributed by atoms with Gasteiger partial charge in [0.15, 0.2) is 23.3 Å². The lowest BCUT2D eigenvalue weighted by Gasteiger charge is -2.12. The van der Waals surface area contributed by atoms with Crippen LogP contribution in [0, 0.1) is 23.3 Å². The van der Waals surface area contributed by atoms with Gasteiger partial charge in [-0.05, 0) is 60.2 Å². The molecule has 0 heterocycles. The third-order valence-electron chi connectivity index (χ3n) is 5.55. The molecule has 0 fully saturated rings. The molecule has 0 radical (unpaired) electrons. The summed E-state index contributed by atoms with van der Waals surface area (Å²) in [6.07, 6.45) is 1.47. The SMILES string of the molecule is O=C(CSc1ccc(NC(=O)/C(=C/c2cccc(Cl)c2)NC(=O)c2ccccc2)cc1)Nc1c(F)c(F)cc(F)c1F. The predicted molar refractivity (Wildman–Crippen MR) is 154 cm³/mol. The first-order chi connectivity index (χ1) is 20.1. The number of hydrogen-bond acceptors (Lipinski definition) is 4. The van der Waals surface area contributed by atoms with Gasteiger partial charge in [0.2, 0.25) is 5.91 Å². The molecule has 4 aromatic rings. The van der Waals surface area contributed by atoms with Gasteiger partial charge in [-0.1, -0.05) is 41.9 Å². The Bertz CT molecular complexity index is 1640. The first-order valence-corrected chi connectivity index (χ1v) is 13.5. The van der Waals surface area contributed by atoms with Crippen LogP contribution in [0.3, 0.4) is 0 Å². The highest BCUT2D eigenvalue weighted by Gasteiger charge is 2.21. The monoisotopic (exact) mass is 613 g/mol. The molecule has 214 valence electrons. The van der Waals surface area contributed by atoms with Gasteiger partial charge in [0.05, 0.1) is 5.75 Å². The number of amides is 3. The van der Waals surface area contributed by atoms with Gasteiger partial charge in [-0.2, -0.15) is 0 Å². The molecule has 0 saturated heterocycles. The molecule has 0 atom stereocenters. The number of halogens is 5. The normalized spacial score (nSPS) is 11.1. The lowest BCUT2D eigenvalue weighted by Crippen LogP contribution is -2.30. The summed E-state index contributed by atoms with van der Waals surface area (Å²) in [5.41, 5.74) is 0.0262. The first kappa shape index (κ1) is 30.4. The minimum Gasteiger partial charge on any atom is -0.321 e. The quantitative estimate of drug-likeness (QED) is 0.0818. The molecule has 4 rings (SSSR count). The van der Waals surface area contributed by atoms with Crippen molar-refractivity contribution in [2.45, 2.75) is 4.90 Å². The fourth-order valence-electron chi connectivity index (χ4n) is 3.55. The van der Waals surface area contributed by atoms with E-state index in [1.165, 1.54) is 18.2 Å². The van der Waals surface area contributed by atoms with E-state index in [2.05, 4.69) is 10.6 Å². The number of hydrogen-bond donors (Lipinski definition) is 3. The molecule has 0 aliphatic carbocycles. The van der Waals surface area contributed by atoms with Crippen molar-refractivity contribution in [3.63, 3.8) is 0 Å². The fourth-order valence-corrected chi connectivity index (χ4v) is 4.44. The largest absolute Gasteiger partial charge is 0.321 e. The summed E-state index contributed by atoms with van der Waals surface area (Å²) < 4.78 is 54.3. The van der Waals surface area contributed by atoms with Crippen molar-refractivity contribution in [2.24, 2.45) is 0 Å². The average Bonchev–Trinajstić information content (AvgIpc) is 2.98. The van der Waals surface area contributed by atoms with Crippen LogP contribution in [-0.2, 0) is 9.59 Å². The molecule has 0 aliphatic rings. The van der Waals surface area contributed by atoms with Gasteiger partial charge in [0.25, 0.3) is 11.8 Å². The molecule has 42 heavy (non-hydrogen) atoms. The number of thioether (sulfide) groups is 1. The van der Waals surface area contributed by atoms with E-state index in [0.29, 0.717) is 26.7 Å². The maximum Gasteiger partial charge on any atom is 0.272 e. The van der Waals surface area contributed by atoms with Gasteiger partial charge in [-0.15, -0.1) is 11.8 Å². The Hall–Kier alpha value is -4.61. The number of carbonyl (C=O) groups is 3. The zero-order chi connectivity index (χ0) is 30.2. The van der Waals surface area contributed by atoms with Crippen LogP contribution >= 0.6 is 23.4 Å². The Morgan fingerprint density at radius 1 is 0.786 bits per heavy atom. The third-order valence-corrected chi connectivity index (χ3v) is 6.79. The highest BCUT2D eigenvalue weighted by molar-refractivity contribution is 8.00. The summed E-state index contributed by atoms with van der Waals surface area (Å²) in [5, 5.41) is 7.58. The number of carbonyl (C=O) groups excluding carboxylic acids is 3. The molecule has 12 heteroatoms. The van der Waals surface area contributed by atoms with E-state index in [1.807, 2.05) is 5.32 Å². The minimum absolute atomic E-state index is 0.0443. The zero-order valence-electron chi connectivity index (χ0n) is 21.4. The van der Waals surface area contributed by atoms with Crippen molar-refractivity contribution in [3.8, 4) is 0 Å². The van der Waals surface area contributed by atoms with Crippen LogP contribution < -0.4 is 16.0 Å². The van der Waals surface area contributed by atoms with E-state index in [1.54, 1.807) is 66.7 Å². The molecule has 3 N–H and O–H groups in total. The molecule has 0 aromatic heterocycles. The maximum absolute atomic E-state index is 13.8. The van der Waals surface area contributed by atoms with Gasteiger partial charge < -0.3 is 16.0 Å². The Kier molecular flexibility index (Phi) is 10.00. The second-order valence-electron chi connectivity index (χ2n) is 8.59. The molecule has 0 saturated carbocycles. The molecular formula is C30H20ClF4N3O3S. The number of benzene rings is 4. The Labute approximate surface area is 246 Å². The van der Waals surface area contributed by atoms with E-state index >= 15 is 0 Å². The van der Waals surface area contributed by atoms with Crippen molar-refractivity contribution >= 4 is 58.5 Å². The highest BCUT2D eigenvalue weighted by atomic mass is 35.5. The van der Waals surface area contributed by atoms with Crippen LogP contribution in [-0.4, -0.2) is 23.5 Å². The molecular weight excluding hydrogens is 594 g/mol. The smallest absolute Gasteiger partial charge is 0.272 e. The number of anilines is 2. The van der Waals surface area contributed by atoms with Crippen LogP contribution in [0.1, 0.15) is 15.9 Å². The fraction of sp³-hybridized carbons (Fsp3) is 0.0333. The highest BCUT2D eigenvalue weighted by Crippen LogP contribution is 2.26.